The molecule has 168 valence electrons. The average molecular weight is 443 g/mol. The zero-order chi connectivity index (χ0) is 22.9. The molecule has 0 bridgehead atoms. The highest BCUT2D eigenvalue weighted by molar-refractivity contribution is 6.00. The minimum atomic E-state index is -0.129. The van der Waals surface area contributed by atoms with E-state index in [0.717, 1.165) is 41.0 Å². The van der Waals surface area contributed by atoms with E-state index in [4.69, 9.17) is 19.6 Å². The third-order valence-electron chi connectivity index (χ3n) is 6.23. The van der Waals surface area contributed by atoms with Crippen LogP contribution in [0.2, 0.25) is 0 Å². The van der Waals surface area contributed by atoms with Crippen molar-refractivity contribution >= 4 is 16.9 Å². The molecular weight excluding hydrogens is 416 g/mol. The lowest BCUT2D eigenvalue weighted by Crippen LogP contribution is -2.31. The summed E-state index contributed by atoms with van der Waals surface area (Å²) in [5, 5.41) is 5.72. The van der Waals surface area contributed by atoms with Gasteiger partial charge in [0.2, 0.25) is 0 Å². The molecule has 0 saturated carbocycles. The van der Waals surface area contributed by atoms with Crippen LogP contribution in [0.25, 0.3) is 16.7 Å². The standard InChI is InChI=1S/C26H26N4O3/c1-17-19-14-15-20(27-25(19)30(28-17)18-9-5-4-6-10-18)21-11-8-16-29(21)26(31)24-22(32-2)12-7-13-23(24)33-3/h4-7,9-10,12-15,21H,8,11,16H2,1-3H3. The highest BCUT2D eigenvalue weighted by atomic mass is 16.5. The lowest BCUT2D eigenvalue weighted by atomic mass is 10.1. The lowest BCUT2D eigenvalue weighted by molar-refractivity contribution is 0.0726. The van der Waals surface area contributed by atoms with Crippen LogP contribution >= 0.6 is 0 Å². The Labute approximate surface area is 192 Å². The number of benzene rings is 2. The van der Waals surface area contributed by atoms with E-state index < -0.39 is 0 Å². The highest BCUT2D eigenvalue weighted by Gasteiger charge is 2.34. The second kappa shape index (κ2) is 8.58. The van der Waals surface area contributed by atoms with E-state index in [0.29, 0.717) is 23.6 Å². The van der Waals surface area contributed by atoms with Gasteiger partial charge in [0.15, 0.2) is 5.65 Å². The van der Waals surface area contributed by atoms with Gasteiger partial charge in [0.25, 0.3) is 5.91 Å². The predicted molar refractivity (Wildman–Crippen MR) is 126 cm³/mol. The molecule has 0 N–H and O–H groups in total. The first kappa shape index (κ1) is 21.0. The van der Waals surface area contributed by atoms with E-state index in [9.17, 15) is 4.79 Å². The molecule has 1 amide bonds. The zero-order valence-electron chi connectivity index (χ0n) is 19.0. The first-order valence-corrected chi connectivity index (χ1v) is 11.1. The summed E-state index contributed by atoms with van der Waals surface area (Å²) in [6.07, 6.45) is 1.75. The maximum absolute atomic E-state index is 13.7. The third-order valence-corrected chi connectivity index (χ3v) is 6.23. The normalized spacial score (nSPS) is 15.7. The van der Waals surface area contributed by atoms with Gasteiger partial charge in [0, 0.05) is 11.9 Å². The molecule has 33 heavy (non-hydrogen) atoms. The number of hydrogen-bond donors (Lipinski definition) is 0. The van der Waals surface area contributed by atoms with Gasteiger partial charge in [-0.25, -0.2) is 9.67 Å². The number of fused-ring (bicyclic) bond motifs is 1. The quantitative estimate of drug-likeness (QED) is 0.447. The van der Waals surface area contributed by atoms with Gasteiger partial charge >= 0.3 is 0 Å². The molecule has 1 atom stereocenters. The van der Waals surface area contributed by atoms with Crippen LogP contribution in [0.5, 0.6) is 11.5 Å². The van der Waals surface area contributed by atoms with E-state index in [1.807, 2.05) is 59.0 Å². The Morgan fingerprint density at radius 1 is 0.970 bits per heavy atom. The number of nitrogens with zero attached hydrogens (tertiary/aromatic N) is 4. The van der Waals surface area contributed by atoms with Crippen LogP contribution in [0, 0.1) is 6.92 Å². The number of aryl methyl sites for hydroxylation is 1. The first-order chi connectivity index (χ1) is 16.1. The fourth-order valence-electron chi connectivity index (χ4n) is 4.62. The topological polar surface area (TPSA) is 69.5 Å². The van der Waals surface area contributed by atoms with Gasteiger partial charge in [-0.2, -0.15) is 5.10 Å². The number of carbonyl (C=O) groups is 1. The average Bonchev–Trinajstić information content (AvgIpc) is 3.48. The van der Waals surface area contributed by atoms with Crippen molar-refractivity contribution < 1.29 is 14.3 Å². The lowest BCUT2D eigenvalue weighted by Gasteiger charge is -2.26. The number of pyridine rings is 1. The van der Waals surface area contributed by atoms with Crippen molar-refractivity contribution in [2.75, 3.05) is 20.8 Å². The van der Waals surface area contributed by atoms with Crippen molar-refractivity contribution in [1.82, 2.24) is 19.7 Å². The van der Waals surface area contributed by atoms with Crippen molar-refractivity contribution in [3.8, 4) is 17.2 Å². The molecule has 0 radical (unpaired) electrons. The molecule has 1 aliphatic rings. The summed E-state index contributed by atoms with van der Waals surface area (Å²) in [4.78, 5) is 20.6. The smallest absolute Gasteiger partial charge is 0.261 e. The second-order valence-electron chi connectivity index (χ2n) is 8.13. The van der Waals surface area contributed by atoms with E-state index >= 15 is 0 Å². The Kier molecular flexibility index (Phi) is 5.46. The SMILES string of the molecule is COc1cccc(OC)c1C(=O)N1CCCC1c1ccc2c(C)nn(-c3ccccc3)c2n1. The number of para-hydroxylation sites is 1. The minimum Gasteiger partial charge on any atom is -0.496 e. The molecule has 0 spiro atoms. The molecule has 2 aromatic carbocycles. The van der Waals surface area contributed by atoms with Gasteiger partial charge < -0.3 is 14.4 Å². The maximum Gasteiger partial charge on any atom is 0.261 e. The first-order valence-electron chi connectivity index (χ1n) is 11.1. The molecule has 1 aliphatic heterocycles. The molecule has 4 aromatic rings. The molecule has 7 nitrogen and oxygen atoms in total. The minimum absolute atomic E-state index is 0.110. The second-order valence-corrected chi connectivity index (χ2v) is 8.13. The highest BCUT2D eigenvalue weighted by Crippen LogP contribution is 2.37. The number of rotatable bonds is 5. The molecule has 1 fully saturated rings. The van der Waals surface area contributed by atoms with Gasteiger partial charge in [-0.3, -0.25) is 4.79 Å². The van der Waals surface area contributed by atoms with Crippen LogP contribution in [0.1, 0.15) is 40.6 Å². The van der Waals surface area contributed by atoms with Crippen molar-refractivity contribution in [3.05, 3.63) is 77.6 Å². The zero-order valence-corrected chi connectivity index (χ0v) is 19.0. The van der Waals surface area contributed by atoms with Gasteiger partial charge in [-0.1, -0.05) is 24.3 Å². The Bertz CT molecular complexity index is 1290. The molecule has 3 heterocycles. The van der Waals surface area contributed by atoms with Crippen molar-refractivity contribution in [1.29, 1.82) is 0 Å². The fraction of sp³-hybridized carbons (Fsp3) is 0.269. The molecule has 0 aliphatic carbocycles. The number of ether oxygens (including phenoxy) is 2. The van der Waals surface area contributed by atoms with E-state index in [-0.39, 0.29) is 11.9 Å². The summed E-state index contributed by atoms with van der Waals surface area (Å²) < 4.78 is 12.8. The molecule has 7 heteroatoms. The fourth-order valence-corrected chi connectivity index (χ4v) is 4.62. The van der Waals surface area contributed by atoms with Crippen LogP contribution in [0.3, 0.4) is 0 Å². The van der Waals surface area contributed by atoms with E-state index in [1.54, 1.807) is 26.4 Å². The number of likely N-dealkylation sites (tertiary alicyclic amines) is 1. The van der Waals surface area contributed by atoms with E-state index in [1.165, 1.54) is 0 Å². The van der Waals surface area contributed by atoms with Crippen LogP contribution in [-0.4, -0.2) is 46.3 Å². The molecule has 1 unspecified atom stereocenters. The van der Waals surface area contributed by atoms with Crippen LogP contribution in [-0.2, 0) is 0 Å². The summed E-state index contributed by atoms with van der Waals surface area (Å²) in [5.74, 6) is 0.902. The molecular formula is C26H26N4O3. The van der Waals surface area contributed by atoms with Gasteiger partial charge in [0.1, 0.15) is 17.1 Å². The van der Waals surface area contributed by atoms with Crippen molar-refractivity contribution in [2.24, 2.45) is 0 Å². The number of hydrogen-bond acceptors (Lipinski definition) is 5. The Morgan fingerprint density at radius 2 is 1.70 bits per heavy atom. The Hall–Kier alpha value is -3.87. The monoisotopic (exact) mass is 442 g/mol. The molecule has 2 aromatic heterocycles. The molecule has 5 rings (SSSR count). The van der Waals surface area contributed by atoms with Crippen molar-refractivity contribution in [3.63, 3.8) is 0 Å². The summed E-state index contributed by atoms with van der Waals surface area (Å²) in [7, 11) is 3.13. The number of carbonyl (C=O) groups excluding carboxylic acids is 1. The number of aromatic nitrogens is 3. The number of methoxy groups -OCH3 is 2. The Morgan fingerprint density at radius 3 is 2.39 bits per heavy atom. The summed E-state index contributed by atoms with van der Waals surface area (Å²) in [6.45, 7) is 2.64. The van der Waals surface area contributed by atoms with Crippen LogP contribution < -0.4 is 9.47 Å². The van der Waals surface area contributed by atoms with Gasteiger partial charge in [-0.15, -0.1) is 0 Å². The predicted octanol–water partition coefficient (Wildman–Crippen LogP) is 4.72. The van der Waals surface area contributed by atoms with Gasteiger partial charge in [-0.05, 0) is 56.2 Å². The van der Waals surface area contributed by atoms with Gasteiger partial charge in [0.05, 0.1) is 37.3 Å². The summed E-state index contributed by atoms with van der Waals surface area (Å²) in [6, 6.07) is 19.3. The van der Waals surface area contributed by atoms with Crippen LogP contribution in [0.4, 0.5) is 0 Å². The van der Waals surface area contributed by atoms with E-state index in [2.05, 4.69) is 6.07 Å². The van der Waals surface area contributed by atoms with Crippen molar-refractivity contribution in [2.45, 2.75) is 25.8 Å². The summed E-state index contributed by atoms with van der Waals surface area (Å²) in [5.41, 5.74) is 3.98. The molecule has 1 saturated heterocycles. The maximum atomic E-state index is 13.7. The summed E-state index contributed by atoms with van der Waals surface area (Å²) >= 11 is 0. The van der Waals surface area contributed by atoms with Crippen LogP contribution in [0.15, 0.2) is 60.7 Å². The third kappa shape index (κ3) is 3.59. The largest absolute Gasteiger partial charge is 0.496 e. The number of amides is 1. The Balaban J connectivity index is 1.56.